The Balaban J connectivity index is 0.00000264. The molecule has 0 fully saturated rings. The van der Waals surface area contributed by atoms with E-state index in [1.807, 2.05) is 11.6 Å². The van der Waals surface area contributed by atoms with Crippen LogP contribution in [-0.4, -0.2) is 47.0 Å². The lowest BCUT2D eigenvalue weighted by molar-refractivity contribution is 0.267. The molecule has 0 aliphatic heterocycles. The van der Waals surface area contributed by atoms with Gasteiger partial charge in [0.25, 0.3) is 0 Å². The summed E-state index contributed by atoms with van der Waals surface area (Å²) in [5.41, 5.74) is 3.41. The highest BCUT2D eigenvalue weighted by molar-refractivity contribution is 7.10. The molecule has 0 amide bonds. The maximum atomic E-state index is 9.08. The van der Waals surface area contributed by atoms with Gasteiger partial charge < -0.3 is 15.3 Å². The number of rotatable bonds is 8. The first kappa shape index (κ1) is 20.1. The van der Waals surface area contributed by atoms with Crippen LogP contribution < -0.4 is 5.32 Å². The van der Waals surface area contributed by atoms with Crippen LogP contribution in [0.25, 0.3) is 0 Å². The van der Waals surface area contributed by atoms with Gasteiger partial charge in [0, 0.05) is 29.2 Å². The topological polar surface area (TPSA) is 53.3 Å². The molecule has 0 aliphatic carbocycles. The first-order valence-electron chi connectivity index (χ1n) is 7.59. The second kappa shape index (κ2) is 9.39. The van der Waals surface area contributed by atoms with Crippen LogP contribution in [-0.2, 0) is 13.1 Å². The second-order valence-electron chi connectivity index (χ2n) is 5.72. The fourth-order valence-corrected chi connectivity index (χ4v) is 3.58. The van der Waals surface area contributed by atoms with E-state index in [0.717, 1.165) is 24.5 Å². The molecular weight excluding hydrogens is 332 g/mol. The third kappa shape index (κ3) is 5.02. The van der Waals surface area contributed by atoms with E-state index in [-0.39, 0.29) is 19.0 Å². The molecule has 2 rings (SSSR count). The van der Waals surface area contributed by atoms with Gasteiger partial charge in [-0.05, 0) is 39.4 Å². The van der Waals surface area contributed by atoms with E-state index in [1.165, 1.54) is 10.4 Å². The lowest BCUT2D eigenvalue weighted by atomic mass is 10.1. The number of nitrogens with zero attached hydrogens (tertiary/aromatic N) is 3. The normalized spacial score (nSPS) is 12.4. The summed E-state index contributed by atoms with van der Waals surface area (Å²) >= 11 is 1.80. The molecule has 0 aliphatic rings. The van der Waals surface area contributed by atoms with Crippen LogP contribution in [0, 0.1) is 13.8 Å². The van der Waals surface area contributed by atoms with Crippen molar-refractivity contribution in [2.75, 3.05) is 27.2 Å². The SMILES string of the molecule is Cc1nn(CCO)c(C)c1CNCC(c1cccs1)N(C)C.Cl. The maximum Gasteiger partial charge on any atom is 0.0644 e. The number of hydrogen-bond donors (Lipinski definition) is 2. The molecule has 2 heterocycles. The van der Waals surface area contributed by atoms with Crippen molar-refractivity contribution in [2.45, 2.75) is 33.0 Å². The van der Waals surface area contributed by atoms with Gasteiger partial charge in [-0.1, -0.05) is 6.07 Å². The van der Waals surface area contributed by atoms with Crippen molar-refractivity contribution >= 4 is 23.7 Å². The van der Waals surface area contributed by atoms with Crippen LogP contribution in [0.5, 0.6) is 0 Å². The molecule has 130 valence electrons. The highest BCUT2D eigenvalue weighted by Crippen LogP contribution is 2.22. The Morgan fingerprint density at radius 3 is 2.70 bits per heavy atom. The van der Waals surface area contributed by atoms with Gasteiger partial charge in [-0.2, -0.15) is 5.10 Å². The van der Waals surface area contributed by atoms with Gasteiger partial charge in [0.15, 0.2) is 0 Å². The zero-order chi connectivity index (χ0) is 16.1. The van der Waals surface area contributed by atoms with E-state index in [0.29, 0.717) is 12.6 Å². The van der Waals surface area contributed by atoms with Crippen LogP contribution in [0.4, 0.5) is 0 Å². The Morgan fingerprint density at radius 2 is 2.13 bits per heavy atom. The summed E-state index contributed by atoms with van der Waals surface area (Å²) in [7, 11) is 4.23. The first-order valence-corrected chi connectivity index (χ1v) is 8.46. The Kier molecular flexibility index (Phi) is 8.22. The smallest absolute Gasteiger partial charge is 0.0644 e. The standard InChI is InChI=1S/C16H26N4OS.ClH/c1-12-14(13(2)20(18-12)7-8-21)10-17-11-15(19(3)4)16-6-5-9-22-16;/h5-6,9,15,17,21H,7-8,10-11H2,1-4H3;1H. The van der Waals surface area contributed by atoms with Crippen LogP contribution in [0.3, 0.4) is 0 Å². The molecule has 0 saturated carbocycles. The number of hydrogen-bond acceptors (Lipinski definition) is 5. The molecule has 1 unspecified atom stereocenters. The van der Waals surface area contributed by atoms with Crippen LogP contribution in [0.1, 0.15) is 27.9 Å². The summed E-state index contributed by atoms with van der Waals surface area (Å²) < 4.78 is 1.88. The Labute approximate surface area is 148 Å². The summed E-state index contributed by atoms with van der Waals surface area (Å²) in [5, 5.41) is 19.3. The number of nitrogens with one attached hydrogen (secondary N) is 1. The number of thiophene rings is 1. The summed E-state index contributed by atoms with van der Waals surface area (Å²) in [4.78, 5) is 3.62. The molecule has 2 aromatic heterocycles. The quantitative estimate of drug-likeness (QED) is 0.760. The minimum absolute atomic E-state index is 0. The number of halogens is 1. The van der Waals surface area contributed by atoms with Gasteiger partial charge in [-0.3, -0.25) is 4.68 Å². The average molecular weight is 359 g/mol. The maximum absolute atomic E-state index is 9.08. The first-order chi connectivity index (χ1) is 10.5. The fraction of sp³-hybridized carbons (Fsp3) is 0.562. The minimum Gasteiger partial charge on any atom is -0.394 e. The number of aryl methyl sites for hydroxylation is 1. The van der Waals surface area contributed by atoms with Gasteiger partial charge in [-0.25, -0.2) is 0 Å². The van der Waals surface area contributed by atoms with Gasteiger partial charge in [0.05, 0.1) is 24.9 Å². The minimum atomic E-state index is 0. The van der Waals surface area contributed by atoms with Crippen molar-refractivity contribution < 1.29 is 5.11 Å². The molecule has 0 bridgehead atoms. The zero-order valence-corrected chi connectivity index (χ0v) is 15.9. The highest BCUT2D eigenvalue weighted by Gasteiger charge is 2.16. The van der Waals surface area contributed by atoms with E-state index < -0.39 is 0 Å². The summed E-state index contributed by atoms with van der Waals surface area (Å²) in [6.45, 7) is 6.48. The number of aliphatic hydroxyl groups excluding tert-OH is 1. The van der Waals surface area contributed by atoms with Crippen molar-refractivity contribution in [1.29, 1.82) is 0 Å². The summed E-state index contributed by atoms with van der Waals surface area (Å²) in [6.07, 6.45) is 0. The van der Waals surface area contributed by atoms with E-state index >= 15 is 0 Å². The second-order valence-corrected chi connectivity index (χ2v) is 6.70. The summed E-state index contributed by atoms with van der Waals surface area (Å²) in [6, 6.07) is 4.67. The van der Waals surface area contributed by atoms with Crippen molar-refractivity contribution in [3.05, 3.63) is 39.3 Å². The molecule has 1 atom stereocenters. The molecule has 2 aromatic rings. The van der Waals surface area contributed by atoms with E-state index in [2.05, 4.69) is 53.8 Å². The monoisotopic (exact) mass is 358 g/mol. The third-order valence-corrected chi connectivity index (χ3v) is 4.95. The predicted molar refractivity (Wildman–Crippen MR) is 98.5 cm³/mol. The molecule has 2 N–H and O–H groups in total. The van der Waals surface area contributed by atoms with Crippen LogP contribution in [0.2, 0.25) is 0 Å². The predicted octanol–water partition coefficient (Wildman–Crippen LogP) is 2.37. The number of aromatic nitrogens is 2. The molecule has 0 aromatic carbocycles. The van der Waals surface area contributed by atoms with Gasteiger partial charge in [0.1, 0.15) is 0 Å². The van der Waals surface area contributed by atoms with Crippen molar-refractivity contribution in [3.63, 3.8) is 0 Å². The molecule has 0 spiro atoms. The van der Waals surface area contributed by atoms with Crippen molar-refractivity contribution in [2.24, 2.45) is 0 Å². The van der Waals surface area contributed by atoms with E-state index in [1.54, 1.807) is 11.3 Å². The Hall–Kier alpha value is -0.920. The molecule has 0 saturated heterocycles. The van der Waals surface area contributed by atoms with Gasteiger partial charge >= 0.3 is 0 Å². The lowest BCUT2D eigenvalue weighted by Crippen LogP contribution is -2.30. The number of aliphatic hydroxyl groups is 1. The van der Waals surface area contributed by atoms with Crippen molar-refractivity contribution in [1.82, 2.24) is 20.0 Å². The van der Waals surface area contributed by atoms with Crippen molar-refractivity contribution in [3.8, 4) is 0 Å². The lowest BCUT2D eigenvalue weighted by Gasteiger charge is -2.23. The summed E-state index contributed by atoms with van der Waals surface area (Å²) in [5.74, 6) is 0. The van der Waals surface area contributed by atoms with Crippen LogP contribution in [0.15, 0.2) is 17.5 Å². The Morgan fingerprint density at radius 1 is 1.39 bits per heavy atom. The zero-order valence-electron chi connectivity index (χ0n) is 14.2. The van der Waals surface area contributed by atoms with E-state index in [9.17, 15) is 0 Å². The molecule has 23 heavy (non-hydrogen) atoms. The Bertz CT molecular complexity index is 583. The van der Waals surface area contributed by atoms with Gasteiger partial charge in [0.2, 0.25) is 0 Å². The average Bonchev–Trinajstić information content (AvgIpc) is 3.07. The molecule has 7 heteroatoms. The third-order valence-electron chi connectivity index (χ3n) is 3.98. The largest absolute Gasteiger partial charge is 0.394 e. The fourth-order valence-electron chi connectivity index (χ4n) is 2.65. The number of likely N-dealkylation sites (N-methyl/N-ethyl adjacent to an activating group) is 1. The molecule has 5 nitrogen and oxygen atoms in total. The molecule has 0 radical (unpaired) electrons. The highest BCUT2D eigenvalue weighted by atomic mass is 35.5. The molecular formula is C16H27ClN4OS. The van der Waals surface area contributed by atoms with Gasteiger partial charge in [-0.15, -0.1) is 23.7 Å². The van der Waals surface area contributed by atoms with Crippen LogP contribution >= 0.6 is 23.7 Å². The van der Waals surface area contributed by atoms with E-state index in [4.69, 9.17) is 5.11 Å².